The Morgan fingerprint density at radius 3 is 2.76 bits per heavy atom. The predicted octanol–water partition coefficient (Wildman–Crippen LogP) is 2.52. The van der Waals surface area contributed by atoms with Gasteiger partial charge in [-0.3, -0.25) is 4.90 Å². The SMILES string of the molecule is CCN(Cc1ccc(F)c(CN)c1)CC1CC1. The van der Waals surface area contributed by atoms with Crippen molar-refractivity contribution in [3.8, 4) is 0 Å². The molecule has 0 saturated heterocycles. The van der Waals surface area contributed by atoms with Crippen LogP contribution >= 0.6 is 0 Å². The van der Waals surface area contributed by atoms with Crippen molar-refractivity contribution in [3.63, 3.8) is 0 Å². The Hall–Kier alpha value is -0.930. The Morgan fingerprint density at radius 2 is 2.18 bits per heavy atom. The van der Waals surface area contributed by atoms with Crippen molar-refractivity contribution in [1.82, 2.24) is 4.90 Å². The van der Waals surface area contributed by atoms with Gasteiger partial charge in [0, 0.05) is 25.2 Å². The summed E-state index contributed by atoms with van der Waals surface area (Å²) in [5.41, 5.74) is 7.30. The van der Waals surface area contributed by atoms with Crippen molar-refractivity contribution >= 4 is 0 Å². The highest BCUT2D eigenvalue weighted by Crippen LogP contribution is 2.30. The van der Waals surface area contributed by atoms with E-state index in [4.69, 9.17) is 5.73 Å². The van der Waals surface area contributed by atoms with Gasteiger partial charge in [0.05, 0.1) is 0 Å². The first-order valence-electron chi connectivity index (χ1n) is 6.42. The lowest BCUT2D eigenvalue weighted by Gasteiger charge is -2.20. The zero-order chi connectivity index (χ0) is 12.3. The van der Waals surface area contributed by atoms with Gasteiger partial charge in [0.25, 0.3) is 0 Å². The van der Waals surface area contributed by atoms with Gasteiger partial charge in [-0.1, -0.05) is 19.1 Å². The van der Waals surface area contributed by atoms with E-state index in [1.165, 1.54) is 25.5 Å². The molecule has 1 aromatic rings. The summed E-state index contributed by atoms with van der Waals surface area (Å²) in [6.07, 6.45) is 2.74. The third kappa shape index (κ3) is 3.51. The van der Waals surface area contributed by atoms with Crippen LogP contribution in [0.4, 0.5) is 4.39 Å². The summed E-state index contributed by atoms with van der Waals surface area (Å²) in [6, 6.07) is 5.29. The standard InChI is InChI=1S/C14H21FN2/c1-2-17(9-11-3-4-11)10-12-5-6-14(15)13(7-12)8-16/h5-7,11H,2-4,8-10,16H2,1H3. The van der Waals surface area contributed by atoms with Gasteiger partial charge in [-0.15, -0.1) is 0 Å². The first-order chi connectivity index (χ1) is 8.22. The minimum absolute atomic E-state index is 0.193. The third-order valence-corrected chi connectivity index (χ3v) is 3.40. The van der Waals surface area contributed by atoms with Crippen molar-refractivity contribution in [1.29, 1.82) is 0 Å². The van der Waals surface area contributed by atoms with E-state index >= 15 is 0 Å². The number of halogens is 1. The molecular weight excluding hydrogens is 215 g/mol. The van der Waals surface area contributed by atoms with Crippen LogP contribution in [0.3, 0.4) is 0 Å². The van der Waals surface area contributed by atoms with Crippen LogP contribution in [0.5, 0.6) is 0 Å². The van der Waals surface area contributed by atoms with Gasteiger partial charge in [-0.2, -0.15) is 0 Å². The molecule has 2 rings (SSSR count). The third-order valence-electron chi connectivity index (χ3n) is 3.40. The number of hydrogen-bond acceptors (Lipinski definition) is 2. The highest BCUT2D eigenvalue weighted by molar-refractivity contribution is 5.25. The highest BCUT2D eigenvalue weighted by Gasteiger charge is 2.23. The number of hydrogen-bond donors (Lipinski definition) is 1. The molecular formula is C14H21FN2. The molecule has 0 amide bonds. The summed E-state index contributed by atoms with van der Waals surface area (Å²) >= 11 is 0. The first kappa shape index (κ1) is 12.5. The molecule has 3 heteroatoms. The zero-order valence-electron chi connectivity index (χ0n) is 10.5. The summed E-state index contributed by atoms with van der Waals surface area (Å²) in [5, 5.41) is 0. The van der Waals surface area contributed by atoms with E-state index < -0.39 is 0 Å². The molecule has 2 nitrogen and oxygen atoms in total. The highest BCUT2D eigenvalue weighted by atomic mass is 19.1. The van der Waals surface area contributed by atoms with E-state index in [9.17, 15) is 4.39 Å². The molecule has 17 heavy (non-hydrogen) atoms. The lowest BCUT2D eigenvalue weighted by Crippen LogP contribution is -2.25. The van der Waals surface area contributed by atoms with Gasteiger partial charge in [0.1, 0.15) is 5.82 Å². The van der Waals surface area contributed by atoms with Crippen LogP contribution in [0.2, 0.25) is 0 Å². The van der Waals surface area contributed by atoms with Gasteiger partial charge in [0.15, 0.2) is 0 Å². The second-order valence-electron chi connectivity index (χ2n) is 4.90. The molecule has 1 aromatic carbocycles. The Bertz CT molecular complexity index is 374. The molecule has 0 unspecified atom stereocenters. The van der Waals surface area contributed by atoms with Crippen LogP contribution < -0.4 is 5.73 Å². The Morgan fingerprint density at radius 1 is 1.41 bits per heavy atom. The van der Waals surface area contributed by atoms with Gasteiger partial charge in [-0.05, 0) is 36.9 Å². The largest absolute Gasteiger partial charge is 0.326 e. The summed E-state index contributed by atoms with van der Waals surface area (Å²) in [7, 11) is 0. The summed E-state index contributed by atoms with van der Waals surface area (Å²) in [4.78, 5) is 2.42. The fourth-order valence-electron chi connectivity index (χ4n) is 2.11. The van der Waals surface area contributed by atoms with Gasteiger partial charge >= 0.3 is 0 Å². The van der Waals surface area contributed by atoms with Crippen LogP contribution in [0.1, 0.15) is 30.9 Å². The molecule has 0 aromatic heterocycles. The molecule has 0 radical (unpaired) electrons. The van der Waals surface area contributed by atoms with Gasteiger partial charge in [0.2, 0.25) is 0 Å². The topological polar surface area (TPSA) is 29.3 Å². The molecule has 0 atom stereocenters. The summed E-state index contributed by atoms with van der Waals surface area (Å²) in [5.74, 6) is 0.700. The van der Waals surface area contributed by atoms with E-state index in [1.54, 1.807) is 0 Å². The second kappa shape index (κ2) is 5.61. The monoisotopic (exact) mass is 236 g/mol. The molecule has 0 spiro atoms. The van der Waals surface area contributed by atoms with Crippen LogP contribution in [0.25, 0.3) is 0 Å². The molecule has 0 bridgehead atoms. The number of rotatable bonds is 6. The lowest BCUT2D eigenvalue weighted by molar-refractivity contribution is 0.268. The molecule has 94 valence electrons. The molecule has 1 aliphatic carbocycles. The molecule has 1 saturated carbocycles. The van der Waals surface area contributed by atoms with Crippen molar-refractivity contribution in [2.24, 2.45) is 11.7 Å². The van der Waals surface area contributed by atoms with Crippen LogP contribution in [-0.4, -0.2) is 18.0 Å². The average molecular weight is 236 g/mol. The maximum absolute atomic E-state index is 13.3. The lowest BCUT2D eigenvalue weighted by atomic mass is 10.1. The molecule has 1 fully saturated rings. The molecule has 0 aliphatic heterocycles. The van der Waals surface area contributed by atoms with Crippen molar-refractivity contribution in [2.75, 3.05) is 13.1 Å². The van der Waals surface area contributed by atoms with Crippen LogP contribution in [-0.2, 0) is 13.1 Å². The second-order valence-corrected chi connectivity index (χ2v) is 4.90. The van der Waals surface area contributed by atoms with Crippen LogP contribution in [0.15, 0.2) is 18.2 Å². The summed E-state index contributed by atoms with van der Waals surface area (Å²) in [6.45, 7) is 5.57. The minimum atomic E-state index is -0.193. The van der Waals surface area contributed by atoms with Gasteiger partial charge < -0.3 is 5.73 Å². The molecule has 1 aliphatic rings. The number of benzene rings is 1. The first-order valence-corrected chi connectivity index (χ1v) is 6.42. The summed E-state index contributed by atoms with van der Waals surface area (Å²) < 4.78 is 13.3. The van der Waals surface area contributed by atoms with Crippen molar-refractivity contribution < 1.29 is 4.39 Å². The zero-order valence-corrected chi connectivity index (χ0v) is 10.5. The van der Waals surface area contributed by atoms with Gasteiger partial charge in [-0.25, -0.2) is 4.39 Å². The average Bonchev–Trinajstić information content (AvgIpc) is 3.14. The van der Waals surface area contributed by atoms with E-state index in [-0.39, 0.29) is 12.4 Å². The molecule has 2 N–H and O–H groups in total. The maximum atomic E-state index is 13.3. The van der Waals surface area contributed by atoms with Crippen molar-refractivity contribution in [2.45, 2.75) is 32.9 Å². The fraction of sp³-hybridized carbons (Fsp3) is 0.571. The van der Waals surface area contributed by atoms with Crippen LogP contribution in [0, 0.1) is 11.7 Å². The van der Waals surface area contributed by atoms with E-state index in [0.29, 0.717) is 5.56 Å². The fourth-order valence-corrected chi connectivity index (χ4v) is 2.11. The quantitative estimate of drug-likeness (QED) is 0.822. The van der Waals surface area contributed by atoms with Crippen molar-refractivity contribution in [3.05, 3.63) is 35.1 Å². The van der Waals surface area contributed by atoms with E-state index in [0.717, 1.165) is 24.6 Å². The smallest absolute Gasteiger partial charge is 0.127 e. The Labute approximate surface area is 103 Å². The maximum Gasteiger partial charge on any atom is 0.127 e. The minimum Gasteiger partial charge on any atom is -0.326 e. The Balaban J connectivity index is 2.00. The Kier molecular flexibility index (Phi) is 4.13. The normalized spacial score (nSPS) is 15.5. The van der Waals surface area contributed by atoms with E-state index in [2.05, 4.69) is 11.8 Å². The number of nitrogens with two attached hydrogens (primary N) is 1. The molecule has 0 heterocycles. The number of nitrogens with zero attached hydrogens (tertiary/aromatic N) is 1. The van der Waals surface area contributed by atoms with E-state index in [1.807, 2.05) is 12.1 Å². The predicted molar refractivity (Wildman–Crippen MR) is 68.0 cm³/mol.